The Morgan fingerprint density at radius 2 is 2.04 bits per heavy atom. The topological polar surface area (TPSA) is 32.8 Å². The van der Waals surface area contributed by atoms with Gasteiger partial charge in [0.25, 0.3) is 5.91 Å². The fourth-order valence-electron chi connectivity index (χ4n) is 2.73. The van der Waals surface area contributed by atoms with E-state index in [9.17, 15) is 4.79 Å². The molecule has 0 bridgehead atoms. The van der Waals surface area contributed by atoms with E-state index in [0.29, 0.717) is 10.8 Å². The number of aryl methyl sites for hydroxylation is 1. The Kier molecular flexibility index (Phi) is 5.76. The van der Waals surface area contributed by atoms with Gasteiger partial charge in [0.2, 0.25) is 0 Å². The third-order valence-electron chi connectivity index (χ3n) is 4.12. The molecule has 2 aromatic rings. The average molecular weight is 365 g/mol. The lowest BCUT2D eigenvalue weighted by molar-refractivity contribution is -0.135. The summed E-state index contributed by atoms with van der Waals surface area (Å²) in [7, 11) is 0. The first-order valence-electron chi connectivity index (χ1n) is 8.03. The van der Waals surface area contributed by atoms with Crippen LogP contribution in [0.2, 0.25) is 5.02 Å². The molecular weight excluding hydrogens is 344 g/mol. The van der Waals surface area contributed by atoms with E-state index in [1.54, 1.807) is 17.4 Å². The zero-order chi connectivity index (χ0) is 16.9. The van der Waals surface area contributed by atoms with Crippen molar-refractivity contribution in [2.24, 2.45) is 0 Å². The first kappa shape index (κ1) is 17.3. The fourth-order valence-corrected chi connectivity index (χ4v) is 3.65. The molecule has 0 spiro atoms. The van der Waals surface area contributed by atoms with Gasteiger partial charge in [-0.25, -0.2) is 0 Å². The summed E-state index contributed by atoms with van der Waals surface area (Å²) >= 11 is 7.87. The van der Waals surface area contributed by atoms with Gasteiger partial charge in [-0.05, 0) is 36.1 Å². The third-order valence-corrected chi connectivity index (χ3v) is 5.30. The summed E-state index contributed by atoms with van der Waals surface area (Å²) in [6, 6.07) is 9.80. The first-order chi connectivity index (χ1) is 11.6. The highest BCUT2D eigenvalue weighted by Crippen LogP contribution is 2.25. The van der Waals surface area contributed by atoms with E-state index in [2.05, 4.69) is 22.4 Å². The summed E-state index contributed by atoms with van der Waals surface area (Å²) in [5, 5.41) is 2.64. The van der Waals surface area contributed by atoms with Gasteiger partial charge in [-0.3, -0.25) is 9.69 Å². The second-order valence-corrected chi connectivity index (χ2v) is 7.40. The second kappa shape index (κ2) is 8.01. The number of ether oxygens (including phenoxy) is 1. The molecule has 0 saturated carbocycles. The number of halogens is 1. The zero-order valence-electron chi connectivity index (χ0n) is 13.7. The van der Waals surface area contributed by atoms with Crippen molar-refractivity contribution >= 4 is 28.8 Å². The predicted molar refractivity (Wildman–Crippen MR) is 97.9 cm³/mol. The van der Waals surface area contributed by atoms with Crippen molar-refractivity contribution in [1.82, 2.24) is 9.80 Å². The Bertz CT molecular complexity index is 682. The normalized spacial score (nSPS) is 15.5. The zero-order valence-corrected chi connectivity index (χ0v) is 15.3. The number of thiophene rings is 1. The molecule has 0 atom stereocenters. The van der Waals surface area contributed by atoms with Gasteiger partial charge in [-0.1, -0.05) is 23.7 Å². The molecular formula is C18H21ClN2O2S. The monoisotopic (exact) mass is 364 g/mol. The first-order valence-corrected chi connectivity index (χ1v) is 9.29. The molecule has 1 amide bonds. The van der Waals surface area contributed by atoms with Crippen molar-refractivity contribution in [3.63, 3.8) is 0 Å². The predicted octanol–water partition coefficient (Wildman–Crippen LogP) is 3.43. The van der Waals surface area contributed by atoms with Crippen molar-refractivity contribution in [3.05, 3.63) is 51.2 Å². The van der Waals surface area contributed by atoms with Crippen LogP contribution in [0.15, 0.2) is 35.7 Å². The van der Waals surface area contributed by atoms with Gasteiger partial charge < -0.3 is 9.64 Å². The van der Waals surface area contributed by atoms with Crippen LogP contribution in [0.3, 0.4) is 0 Å². The van der Waals surface area contributed by atoms with Crippen molar-refractivity contribution in [2.75, 3.05) is 32.8 Å². The van der Waals surface area contributed by atoms with E-state index in [-0.39, 0.29) is 12.5 Å². The molecule has 2 heterocycles. The molecule has 1 aromatic carbocycles. The molecule has 1 aromatic heterocycles. The summed E-state index contributed by atoms with van der Waals surface area (Å²) in [5.41, 5.74) is 1.06. The summed E-state index contributed by atoms with van der Waals surface area (Å²) in [5.74, 6) is 0.588. The number of nitrogens with zero attached hydrogens (tertiary/aromatic N) is 2. The summed E-state index contributed by atoms with van der Waals surface area (Å²) in [6.45, 7) is 6.26. The summed E-state index contributed by atoms with van der Waals surface area (Å²) in [6.07, 6.45) is 0. The lowest BCUT2D eigenvalue weighted by Crippen LogP contribution is -2.49. The largest absolute Gasteiger partial charge is 0.482 e. The van der Waals surface area contributed by atoms with Crippen LogP contribution in [0, 0.1) is 6.92 Å². The van der Waals surface area contributed by atoms with Crippen LogP contribution in [-0.2, 0) is 11.3 Å². The maximum absolute atomic E-state index is 12.3. The van der Waals surface area contributed by atoms with Crippen molar-refractivity contribution in [2.45, 2.75) is 13.5 Å². The van der Waals surface area contributed by atoms with Crippen LogP contribution in [0.5, 0.6) is 5.75 Å². The molecule has 1 fully saturated rings. The highest BCUT2D eigenvalue weighted by Gasteiger charge is 2.21. The highest BCUT2D eigenvalue weighted by molar-refractivity contribution is 7.09. The molecule has 0 radical (unpaired) electrons. The molecule has 6 heteroatoms. The van der Waals surface area contributed by atoms with E-state index in [4.69, 9.17) is 16.3 Å². The van der Waals surface area contributed by atoms with E-state index < -0.39 is 0 Å². The Morgan fingerprint density at radius 1 is 1.25 bits per heavy atom. The van der Waals surface area contributed by atoms with Gasteiger partial charge in [0.1, 0.15) is 5.75 Å². The lowest BCUT2D eigenvalue weighted by Gasteiger charge is -2.34. The van der Waals surface area contributed by atoms with Gasteiger partial charge in [0.05, 0.1) is 5.02 Å². The maximum atomic E-state index is 12.3. The summed E-state index contributed by atoms with van der Waals surface area (Å²) < 4.78 is 5.61. The Morgan fingerprint density at radius 3 is 2.75 bits per heavy atom. The molecule has 24 heavy (non-hydrogen) atoms. The number of rotatable bonds is 5. The van der Waals surface area contributed by atoms with Crippen LogP contribution in [0.4, 0.5) is 0 Å². The molecule has 3 rings (SSSR count). The van der Waals surface area contributed by atoms with Crippen molar-refractivity contribution in [3.8, 4) is 5.75 Å². The smallest absolute Gasteiger partial charge is 0.260 e. The number of carbonyl (C=O) groups excluding carboxylic acids is 1. The number of benzene rings is 1. The van der Waals surface area contributed by atoms with E-state index >= 15 is 0 Å². The van der Waals surface area contributed by atoms with Crippen LogP contribution < -0.4 is 4.74 Å². The third kappa shape index (κ3) is 4.50. The van der Waals surface area contributed by atoms with Gasteiger partial charge in [0, 0.05) is 37.6 Å². The minimum Gasteiger partial charge on any atom is -0.482 e. The fraction of sp³-hybridized carbons (Fsp3) is 0.389. The quantitative estimate of drug-likeness (QED) is 0.814. The van der Waals surface area contributed by atoms with Gasteiger partial charge in [-0.15, -0.1) is 11.3 Å². The Hall–Kier alpha value is -1.56. The maximum Gasteiger partial charge on any atom is 0.260 e. The van der Waals surface area contributed by atoms with Gasteiger partial charge in [0.15, 0.2) is 6.61 Å². The molecule has 1 aliphatic heterocycles. The number of hydrogen-bond donors (Lipinski definition) is 0. The second-order valence-electron chi connectivity index (χ2n) is 5.96. The highest BCUT2D eigenvalue weighted by atomic mass is 35.5. The molecule has 0 aliphatic carbocycles. The van der Waals surface area contributed by atoms with Crippen LogP contribution >= 0.6 is 22.9 Å². The Balaban J connectivity index is 1.46. The number of hydrogen-bond acceptors (Lipinski definition) is 4. The molecule has 1 saturated heterocycles. The molecule has 1 aliphatic rings. The minimum atomic E-state index is 0.0170. The number of amides is 1. The molecule has 0 N–H and O–H groups in total. The standard InChI is InChI=1S/C18H21ClN2O2S/c1-14-4-5-16(19)17(11-14)23-13-18(22)21-8-6-20(7-9-21)12-15-3-2-10-24-15/h2-5,10-11H,6-9,12-13H2,1H3. The van der Waals surface area contributed by atoms with Crippen LogP contribution in [-0.4, -0.2) is 48.5 Å². The average Bonchev–Trinajstić information content (AvgIpc) is 3.09. The number of carbonyl (C=O) groups is 1. The van der Waals surface area contributed by atoms with Crippen molar-refractivity contribution < 1.29 is 9.53 Å². The van der Waals surface area contributed by atoms with Gasteiger partial charge in [-0.2, -0.15) is 0 Å². The van der Waals surface area contributed by atoms with Crippen LogP contribution in [0.25, 0.3) is 0 Å². The lowest BCUT2D eigenvalue weighted by atomic mass is 10.2. The number of piperazine rings is 1. The van der Waals surface area contributed by atoms with E-state index in [1.807, 2.05) is 24.0 Å². The Labute approximate surface area is 151 Å². The van der Waals surface area contributed by atoms with Crippen LogP contribution in [0.1, 0.15) is 10.4 Å². The molecule has 4 nitrogen and oxygen atoms in total. The minimum absolute atomic E-state index is 0.0170. The van der Waals surface area contributed by atoms with E-state index in [1.165, 1.54) is 4.88 Å². The summed E-state index contributed by atoms with van der Waals surface area (Å²) in [4.78, 5) is 18.0. The molecule has 0 unspecified atom stereocenters. The SMILES string of the molecule is Cc1ccc(Cl)c(OCC(=O)N2CCN(Cc3cccs3)CC2)c1. The van der Waals surface area contributed by atoms with Crippen molar-refractivity contribution in [1.29, 1.82) is 0 Å². The van der Waals surface area contributed by atoms with Gasteiger partial charge >= 0.3 is 0 Å². The van der Waals surface area contributed by atoms with E-state index in [0.717, 1.165) is 38.3 Å². The molecule has 128 valence electrons.